The monoisotopic (exact) mass is 460 g/mol. The summed E-state index contributed by atoms with van der Waals surface area (Å²) in [6.45, 7) is 0. The SMILES string of the molecule is O=C(O)c1cccc(NC(=S)NC(=O)c2cc(I)ccc2Cl)c1. The molecule has 118 valence electrons. The Kier molecular flexibility index (Phi) is 5.91. The average Bonchev–Trinajstić information content (AvgIpc) is 2.49. The lowest BCUT2D eigenvalue weighted by Crippen LogP contribution is -2.34. The van der Waals surface area contributed by atoms with Crippen molar-refractivity contribution in [2.45, 2.75) is 0 Å². The molecule has 0 radical (unpaired) electrons. The number of carboxylic acid groups (broad SMARTS) is 1. The van der Waals surface area contributed by atoms with Crippen molar-refractivity contribution in [1.29, 1.82) is 0 Å². The summed E-state index contributed by atoms with van der Waals surface area (Å²) >= 11 is 13.1. The van der Waals surface area contributed by atoms with Crippen LogP contribution in [0.4, 0.5) is 5.69 Å². The van der Waals surface area contributed by atoms with Crippen LogP contribution in [0.15, 0.2) is 42.5 Å². The minimum Gasteiger partial charge on any atom is -0.478 e. The van der Waals surface area contributed by atoms with E-state index in [1.54, 1.807) is 30.3 Å². The molecule has 2 rings (SSSR count). The molecular formula is C15H10ClIN2O3S. The van der Waals surface area contributed by atoms with Crippen molar-refractivity contribution < 1.29 is 14.7 Å². The molecule has 0 saturated heterocycles. The van der Waals surface area contributed by atoms with Gasteiger partial charge in [0.15, 0.2) is 5.11 Å². The third-order valence-electron chi connectivity index (χ3n) is 2.77. The van der Waals surface area contributed by atoms with Crippen LogP contribution in [0.5, 0.6) is 0 Å². The lowest BCUT2D eigenvalue weighted by molar-refractivity contribution is 0.0696. The topological polar surface area (TPSA) is 78.4 Å². The number of rotatable bonds is 3. The molecule has 8 heteroatoms. The van der Waals surface area contributed by atoms with Gasteiger partial charge in [-0.3, -0.25) is 10.1 Å². The van der Waals surface area contributed by atoms with Gasteiger partial charge in [-0.05, 0) is 71.2 Å². The van der Waals surface area contributed by atoms with E-state index < -0.39 is 11.9 Å². The summed E-state index contributed by atoms with van der Waals surface area (Å²) in [4.78, 5) is 23.1. The Morgan fingerprint density at radius 2 is 1.91 bits per heavy atom. The first-order valence-corrected chi connectivity index (χ1v) is 8.14. The van der Waals surface area contributed by atoms with Crippen molar-refractivity contribution >= 4 is 69.1 Å². The molecular weight excluding hydrogens is 451 g/mol. The molecule has 0 spiro atoms. The molecule has 2 aromatic carbocycles. The fourth-order valence-electron chi connectivity index (χ4n) is 1.73. The van der Waals surface area contributed by atoms with Gasteiger partial charge in [0, 0.05) is 9.26 Å². The Morgan fingerprint density at radius 1 is 1.17 bits per heavy atom. The Hall–Kier alpha value is -1.71. The van der Waals surface area contributed by atoms with E-state index in [9.17, 15) is 9.59 Å². The number of benzene rings is 2. The van der Waals surface area contributed by atoms with Crippen molar-refractivity contribution in [1.82, 2.24) is 5.32 Å². The standard InChI is InChI=1S/C15H10ClIN2O3S/c16-12-5-4-9(17)7-11(12)13(20)19-15(23)18-10-3-1-2-8(6-10)14(21)22/h1-7H,(H,21,22)(H2,18,19,20,23). The second kappa shape index (κ2) is 7.71. The summed E-state index contributed by atoms with van der Waals surface area (Å²) in [5.74, 6) is -1.49. The Balaban J connectivity index is 2.07. The molecule has 0 aliphatic carbocycles. The van der Waals surface area contributed by atoms with Gasteiger partial charge in [0.05, 0.1) is 16.1 Å². The highest BCUT2D eigenvalue weighted by Gasteiger charge is 2.13. The number of anilines is 1. The second-order valence-corrected chi connectivity index (χ2v) is 6.48. The average molecular weight is 461 g/mol. The molecule has 0 bridgehead atoms. The van der Waals surface area contributed by atoms with Crippen LogP contribution in [0.2, 0.25) is 5.02 Å². The van der Waals surface area contributed by atoms with Gasteiger partial charge in [-0.15, -0.1) is 0 Å². The number of aromatic carboxylic acids is 1. The van der Waals surface area contributed by atoms with Crippen LogP contribution in [0.3, 0.4) is 0 Å². The zero-order chi connectivity index (χ0) is 17.0. The van der Waals surface area contributed by atoms with Crippen molar-refractivity contribution in [3.8, 4) is 0 Å². The first kappa shape index (κ1) is 17.6. The van der Waals surface area contributed by atoms with Crippen LogP contribution in [0, 0.1) is 3.57 Å². The van der Waals surface area contributed by atoms with E-state index in [-0.39, 0.29) is 10.7 Å². The van der Waals surface area contributed by atoms with Gasteiger partial charge in [-0.2, -0.15) is 0 Å². The molecule has 5 nitrogen and oxygen atoms in total. The minimum atomic E-state index is -1.05. The molecule has 0 saturated carbocycles. The molecule has 0 aromatic heterocycles. The van der Waals surface area contributed by atoms with Gasteiger partial charge in [0.25, 0.3) is 5.91 Å². The maximum absolute atomic E-state index is 12.2. The van der Waals surface area contributed by atoms with Crippen LogP contribution in [-0.2, 0) is 0 Å². The zero-order valence-corrected chi connectivity index (χ0v) is 15.2. The molecule has 0 unspecified atom stereocenters. The Labute approximate surface area is 156 Å². The fraction of sp³-hybridized carbons (Fsp3) is 0. The number of carbonyl (C=O) groups is 2. The van der Waals surface area contributed by atoms with E-state index in [1.165, 1.54) is 12.1 Å². The number of amides is 1. The summed E-state index contributed by atoms with van der Waals surface area (Å²) in [7, 11) is 0. The Morgan fingerprint density at radius 3 is 2.61 bits per heavy atom. The third-order valence-corrected chi connectivity index (χ3v) is 3.97. The highest BCUT2D eigenvalue weighted by Crippen LogP contribution is 2.19. The van der Waals surface area contributed by atoms with Crippen molar-refractivity contribution in [2.24, 2.45) is 0 Å². The van der Waals surface area contributed by atoms with Gasteiger partial charge in [0.1, 0.15) is 0 Å². The second-order valence-electron chi connectivity index (χ2n) is 4.42. The summed E-state index contributed by atoms with van der Waals surface area (Å²) in [5.41, 5.74) is 0.885. The maximum atomic E-state index is 12.2. The molecule has 0 aliphatic rings. The highest BCUT2D eigenvalue weighted by molar-refractivity contribution is 14.1. The van der Waals surface area contributed by atoms with Crippen LogP contribution in [-0.4, -0.2) is 22.1 Å². The summed E-state index contributed by atoms with van der Waals surface area (Å²) in [6.07, 6.45) is 0. The molecule has 0 heterocycles. The molecule has 0 fully saturated rings. The van der Waals surface area contributed by atoms with Crippen LogP contribution >= 0.6 is 46.4 Å². The first-order valence-electron chi connectivity index (χ1n) is 6.27. The van der Waals surface area contributed by atoms with E-state index in [4.69, 9.17) is 28.9 Å². The smallest absolute Gasteiger partial charge is 0.335 e. The lowest BCUT2D eigenvalue weighted by atomic mass is 10.2. The lowest BCUT2D eigenvalue weighted by Gasteiger charge is -2.11. The van der Waals surface area contributed by atoms with Crippen molar-refractivity contribution in [2.75, 3.05) is 5.32 Å². The van der Waals surface area contributed by atoms with Gasteiger partial charge in [-0.25, -0.2) is 4.79 Å². The molecule has 1 amide bonds. The largest absolute Gasteiger partial charge is 0.478 e. The number of hydrogen-bond acceptors (Lipinski definition) is 3. The quantitative estimate of drug-likeness (QED) is 0.480. The predicted molar refractivity (Wildman–Crippen MR) is 101 cm³/mol. The number of hydrogen-bond donors (Lipinski definition) is 3. The van der Waals surface area contributed by atoms with Gasteiger partial charge < -0.3 is 10.4 Å². The highest BCUT2D eigenvalue weighted by atomic mass is 127. The third kappa shape index (κ3) is 4.88. The van der Waals surface area contributed by atoms with E-state index >= 15 is 0 Å². The van der Waals surface area contributed by atoms with Crippen LogP contribution in [0.25, 0.3) is 0 Å². The number of carbonyl (C=O) groups excluding carboxylic acids is 1. The van der Waals surface area contributed by atoms with Crippen molar-refractivity contribution in [3.63, 3.8) is 0 Å². The van der Waals surface area contributed by atoms with Gasteiger partial charge >= 0.3 is 5.97 Å². The molecule has 3 N–H and O–H groups in total. The molecule has 23 heavy (non-hydrogen) atoms. The van der Waals surface area contributed by atoms with Gasteiger partial charge in [-0.1, -0.05) is 17.7 Å². The zero-order valence-electron chi connectivity index (χ0n) is 11.5. The number of carboxylic acids is 1. The van der Waals surface area contributed by atoms with E-state index in [1.807, 2.05) is 0 Å². The summed E-state index contributed by atoms with van der Waals surface area (Å²) in [6, 6.07) is 11.2. The van der Waals surface area contributed by atoms with Crippen LogP contribution < -0.4 is 10.6 Å². The van der Waals surface area contributed by atoms with Gasteiger partial charge in [0.2, 0.25) is 0 Å². The molecule has 0 aliphatic heterocycles. The number of halogens is 2. The molecule has 0 atom stereocenters. The normalized spacial score (nSPS) is 10.0. The summed E-state index contributed by atoms with van der Waals surface area (Å²) in [5, 5.41) is 14.6. The van der Waals surface area contributed by atoms with E-state index in [0.717, 1.165) is 3.57 Å². The van der Waals surface area contributed by atoms with Crippen molar-refractivity contribution in [3.05, 3.63) is 62.2 Å². The number of nitrogens with one attached hydrogen (secondary N) is 2. The summed E-state index contributed by atoms with van der Waals surface area (Å²) < 4.78 is 0.866. The number of thiocarbonyl (C=S) groups is 1. The van der Waals surface area contributed by atoms with E-state index in [2.05, 4.69) is 33.2 Å². The first-order chi connectivity index (χ1) is 10.9. The molecule has 2 aromatic rings. The maximum Gasteiger partial charge on any atom is 0.335 e. The van der Waals surface area contributed by atoms with Crippen LogP contribution in [0.1, 0.15) is 20.7 Å². The Bertz CT molecular complexity index is 798. The fourth-order valence-corrected chi connectivity index (χ4v) is 2.64. The van der Waals surface area contributed by atoms with E-state index in [0.29, 0.717) is 16.3 Å². The predicted octanol–water partition coefficient (Wildman–Crippen LogP) is 3.77. The minimum absolute atomic E-state index is 0.0486.